The summed E-state index contributed by atoms with van der Waals surface area (Å²) in [6, 6.07) is 4.92. The molecule has 176 valence electrons. The SMILES string of the molecule is Cc1ncsc1-c1ccc(C(CO)NC(=O)[C@@H]2CC(O)CN2C(=O)C(N=[N+]=[N-])C(C)C)cc1. The van der Waals surface area contributed by atoms with Gasteiger partial charge in [0.25, 0.3) is 0 Å². The Hall–Kier alpha value is -2.98. The number of azide groups is 1. The molecule has 0 radical (unpaired) electrons. The second-order valence-electron chi connectivity index (χ2n) is 8.42. The summed E-state index contributed by atoms with van der Waals surface area (Å²) in [6.45, 7) is 5.08. The fraction of sp³-hybridized carbons (Fsp3) is 0.500. The fourth-order valence-corrected chi connectivity index (χ4v) is 4.76. The Labute approximate surface area is 195 Å². The highest BCUT2D eigenvalue weighted by atomic mass is 32.1. The quantitative estimate of drug-likeness (QED) is 0.306. The summed E-state index contributed by atoms with van der Waals surface area (Å²) >= 11 is 1.54. The number of aryl methyl sites for hydroxylation is 1. The number of aliphatic hydroxyl groups excluding tert-OH is 2. The zero-order valence-corrected chi connectivity index (χ0v) is 19.6. The second-order valence-corrected chi connectivity index (χ2v) is 9.28. The maximum atomic E-state index is 13.1. The van der Waals surface area contributed by atoms with Crippen molar-refractivity contribution in [1.29, 1.82) is 0 Å². The van der Waals surface area contributed by atoms with Crippen LogP contribution in [0.2, 0.25) is 0 Å². The first kappa shape index (κ1) is 24.7. The predicted octanol–water partition coefficient (Wildman–Crippen LogP) is 2.56. The molecule has 4 atom stereocenters. The zero-order valence-electron chi connectivity index (χ0n) is 18.8. The topological polar surface area (TPSA) is 152 Å². The molecule has 1 aliphatic heterocycles. The number of carbonyl (C=O) groups excluding carboxylic acids is 2. The van der Waals surface area contributed by atoms with Crippen LogP contribution < -0.4 is 5.32 Å². The van der Waals surface area contributed by atoms with Crippen LogP contribution in [0.25, 0.3) is 20.9 Å². The minimum absolute atomic E-state index is 0.0201. The lowest BCUT2D eigenvalue weighted by Gasteiger charge is -2.29. The summed E-state index contributed by atoms with van der Waals surface area (Å²) in [6.07, 6.45) is -0.793. The highest BCUT2D eigenvalue weighted by Gasteiger charge is 2.42. The van der Waals surface area contributed by atoms with E-state index in [1.54, 1.807) is 19.4 Å². The van der Waals surface area contributed by atoms with Crippen molar-refractivity contribution in [2.24, 2.45) is 11.0 Å². The number of aliphatic hydroxyl groups is 2. The van der Waals surface area contributed by atoms with Gasteiger partial charge in [-0.3, -0.25) is 9.59 Å². The van der Waals surface area contributed by atoms with Crippen molar-refractivity contribution in [1.82, 2.24) is 15.2 Å². The number of amides is 2. The summed E-state index contributed by atoms with van der Waals surface area (Å²) in [5.41, 5.74) is 13.2. The Kier molecular flexibility index (Phi) is 8.04. The molecule has 10 nitrogen and oxygen atoms in total. The molecule has 1 aliphatic rings. The number of hydrogen-bond acceptors (Lipinski definition) is 7. The van der Waals surface area contributed by atoms with Crippen LogP contribution in [-0.2, 0) is 9.59 Å². The molecule has 2 heterocycles. The van der Waals surface area contributed by atoms with Crippen LogP contribution in [-0.4, -0.2) is 63.3 Å². The van der Waals surface area contributed by atoms with E-state index in [1.165, 1.54) is 16.2 Å². The molecule has 1 aromatic carbocycles. The number of thiazole rings is 1. The van der Waals surface area contributed by atoms with Gasteiger partial charge in [0.15, 0.2) is 0 Å². The number of rotatable bonds is 8. The van der Waals surface area contributed by atoms with E-state index in [9.17, 15) is 19.8 Å². The molecular weight excluding hydrogens is 444 g/mol. The Morgan fingerprint density at radius 3 is 2.61 bits per heavy atom. The lowest BCUT2D eigenvalue weighted by atomic mass is 10.0. The lowest BCUT2D eigenvalue weighted by molar-refractivity contribution is -0.140. The van der Waals surface area contributed by atoms with Gasteiger partial charge >= 0.3 is 0 Å². The molecule has 0 aliphatic carbocycles. The van der Waals surface area contributed by atoms with E-state index in [4.69, 9.17) is 5.53 Å². The molecule has 1 saturated heterocycles. The number of nitrogens with one attached hydrogen (secondary N) is 1. The molecule has 33 heavy (non-hydrogen) atoms. The largest absolute Gasteiger partial charge is 0.394 e. The van der Waals surface area contributed by atoms with Crippen LogP contribution >= 0.6 is 11.3 Å². The van der Waals surface area contributed by atoms with Crippen LogP contribution in [0.1, 0.15) is 37.6 Å². The van der Waals surface area contributed by atoms with Crippen molar-refractivity contribution >= 4 is 23.2 Å². The standard InChI is InChI=1S/C22H28N6O4S/c1-12(2)19(26-27-23)22(32)28-9-16(30)8-18(28)21(31)25-17(10-29)14-4-6-15(7-5-14)20-13(3)24-11-33-20/h4-7,11-12,16-19,29-30H,8-10H2,1-3H3,(H,25,31)/t16?,17?,18-,19?/m0/s1. The van der Waals surface area contributed by atoms with Crippen LogP contribution in [0.15, 0.2) is 34.9 Å². The maximum Gasteiger partial charge on any atom is 0.243 e. The van der Waals surface area contributed by atoms with Gasteiger partial charge in [0, 0.05) is 17.9 Å². The summed E-state index contributed by atoms with van der Waals surface area (Å²) in [4.78, 5) is 35.3. The van der Waals surface area contributed by atoms with Crippen molar-refractivity contribution in [3.63, 3.8) is 0 Å². The van der Waals surface area contributed by atoms with E-state index >= 15 is 0 Å². The Balaban J connectivity index is 1.75. The van der Waals surface area contributed by atoms with Gasteiger partial charge in [-0.15, -0.1) is 11.3 Å². The number of nitrogens with zero attached hydrogens (tertiary/aromatic N) is 5. The molecule has 11 heteroatoms. The van der Waals surface area contributed by atoms with Gasteiger partial charge in [0.05, 0.1) is 34.8 Å². The first-order valence-corrected chi connectivity index (χ1v) is 11.6. The average molecular weight is 473 g/mol. The third-order valence-electron chi connectivity index (χ3n) is 5.75. The Bertz CT molecular complexity index is 1030. The molecule has 0 spiro atoms. The first-order chi connectivity index (χ1) is 15.8. The van der Waals surface area contributed by atoms with E-state index in [2.05, 4.69) is 20.3 Å². The molecule has 2 amide bonds. The maximum absolute atomic E-state index is 13.1. The van der Waals surface area contributed by atoms with Crippen LogP contribution in [0.3, 0.4) is 0 Å². The van der Waals surface area contributed by atoms with E-state index < -0.39 is 36.0 Å². The van der Waals surface area contributed by atoms with E-state index in [1.807, 2.05) is 31.2 Å². The van der Waals surface area contributed by atoms with Gasteiger partial charge in [-0.05, 0) is 29.5 Å². The summed E-state index contributed by atoms with van der Waals surface area (Å²) < 4.78 is 0. The number of hydrogen-bond donors (Lipinski definition) is 3. The van der Waals surface area contributed by atoms with Crippen LogP contribution in [0.4, 0.5) is 0 Å². The average Bonchev–Trinajstić information content (AvgIpc) is 3.40. The van der Waals surface area contributed by atoms with Crippen molar-refractivity contribution in [2.45, 2.75) is 51.4 Å². The summed E-state index contributed by atoms with van der Waals surface area (Å²) in [5, 5.41) is 26.4. The lowest BCUT2D eigenvalue weighted by Crippen LogP contribution is -2.50. The molecule has 3 rings (SSSR count). The van der Waals surface area contributed by atoms with Gasteiger partial charge in [-0.2, -0.15) is 0 Å². The van der Waals surface area contributed by atoms with Crippen molar-refractivity contribution < 1.29 is 19.8 Å². The number of carbonyl (C=O) groups is 2. The molecule has 3 unspecified atom stereocenters. The van der Waals surface area contributed by atoms with Crippen LogP contribution in [0, 0.1) is 12.8 Å². The number of aromatic nitrogens is 1. The Morgan fingerprint density at radius 1 is 1.36 bits per heavy atom. The van der Waals surface area contributed by atoms with Gasteiger partial charge in [-0.1, -0.05) is 43.2 Å². The van der Waals surface area contributed by atoms with Gasteiger partial charge in [0.2, 0.25) is 11.8 Å². The minimum atomic E-state index is -0.966. The fourth-order valence-electron chi connectivity index (χ4n) is 3.95. The second kappa shape index (κ2) is 10.8. The molecule has 3 N–H and O–H groups in total. The third-order valence-corrected chi connectivity index (χ3v) is 6.72. The zero-order chi connectivity index (χ0) is 24.1. The number of β-amino-alcohol motifs (C(OH)–C–C–N with tert-alkyl or cyclic N) is 1. The predicted molar refractivity (Wildman–Crippen MR) is 124 cm³/mol. The highest BCUT2D eigenvalue weighted by Crippen LogP contribution is 2.29. The smallest absolute Gasteiger partial charge is 0.243 e. The number of benzene rings is 1. The van der Waals surface area contributed by atoms with E-state index in [0.29, 0.717) is 5.56 Å². The number of likely N-dealkylation sites (tertiary alicyclic amines) is 1. The first-order valence-electron chi connectivity index (χ1n) is 10.7. The van der Waals surface area contributed by atoms with Gasteiger partial charge in [0.1, 0.15) is 12.1 Å². The van der Waals surface area contributed by atoms with Crippen molar-refractivity contribution in [3.8, 4) is 10.4 Å². The molecule has 2 aromatic rings. The molecule has 0 bridgehead atoms. The highest BCUT2D eigenvalue weighted by molar-refractivity contribution is 7.13. The Morgan fingerprint density at radius 2 is 2.06 bits per heavy atom. The summed E-state index contributed by atoms with van der Waals surface area (Å²) in [5.74, 6) is -1.24. The van der Waals surface area contributed by atoms with Crippen molar-refractivity contribution in [2.75, 3.05) is 13.2 Å². The third kappa shape index (κ3) is 5.51. The van der Waals surface area contributed by atoms with Crippen molar-refractivity contribution in [3.05, 3.63) is 51.5 Å². The van der Waals surface area contributed by atoms with E-state index in [0.717, 1.165) is 16.1 Å². The normalized spacial score (nSPS) is 19.8. The van der Waals surface area contributed by atoms with Gasteiger partial charge < -0.3 is 20.4 Å². The molecular formula is C22H28N6O4S. The molecule has 1 fully saturated rings. The van der Waals surface area contributed by atoms with Crippen LogP contribution in [0.5, 0.6) is 0 Å². The summed E-state index contributed by atoms with van der Waals surface area (Å²) in [7, 11) is 0. The van der Waals surface area contributed by atoms with Gasteiger partial charge in [-0.25, -0.2) is 4.98 Å². The monoisotopic (exact) mass is 472 g/mol. The molecule has 1 aromatic heterocycles. The minimum Gasteiger partial charge on any atom is -0.394 e. The molecule has 0 saturated carbocycles. The van der Waals surface area contributed by atoms with E-state index in [-0.39, 0.29) is 25.5 Å².